The molecule has 2 aliphatic rings. The summed E-state index contributed by atoms with van der Waals surface area (Å²) in [5.74, 6) is 1.03. The molecule has 1 saturated heterocycles. The van der Waals surface area contributed by atoms with Crippen LogP contribution in [0.2, 0.25) is 0 Å². The molecule has 2 aromatic carbocycles. The fourth-order valence-electron chi connectivity index (χ4n) is 2.57. The van der Waals surface area contributed by atoms with Crippen molar-refractivity contribution in [1.29, 1.82) is 0 Å². The zero-order valence-corrected chi connectivity index (χ0v) is 13.4. The Labute approximate surface area is 142 Å². The number of imide groups is 1. The Kier molecular flexibility index (Phi) is 3.74. The van der Waals surface area contributed by atoms with Crippen LogP contribution in [0.4, 0.5) is 10.5 Å². The largest absolute Gasteiger partial charge is 0.486 e. The van der Waals surface area contributed by atoms with E-state index in [0.717, 1.165) is 17.3 Å². The highest BCUT2D eigenvalue weighted by Gasteiger charge is 2.36. The average Bonchev–Trinajstić information content (AvgIpc) is 2.89. The second-order valence-electron chi connectivity index (χ2n) is 5.26. The third-order valence-electron chi connectivity index (χ3n) is 3.67. The highest BCUT2D eigenvalue weighted by Crippen LogP contribution is 2.37. The molecule has 0 unspecified atom stereocenters. The second kappa shape index (κ2) is 6.05. The molecule has 0 aromatic heterocycles. The fraction of sp³-hybridized carbons (Fsp3) is 0.111. The van der Waals surface area contributed by atoms with Crippen molar-refractivity contribution >= 4 is 34.7 Å². The Morgan fingerprint density at radius 2 is 1.71 bits per heavy atom. The maximum absolute atomic E-state index is 12.6. The first-order valence-corrected chi connectivity index (χ1v) is 8.27. The zero-order valence-electron chi connectivity index (χ0n) is 12.6. The van der Waals surface area contributed by atoms with E-state index in [9.17, 15) is 9.59 Å². The van der Waals surface area contributed by atoms with Crippen molar-refractivity contribution in [3.05, 3.63) is 59.0 Å². The molecule has 2 amide bonds. The van der Waals surface area contributed by atoms with E-state index in [-0.39, 0.29) is 11.1 Å². The minimum Gasteiger partial charge on any atom is -0.486 e. The van der Waals surface area contributed by atoms with Gasteiger partial charge in [-0.2, -0.15) is 0 Å². The van der Waals surface area contributed by atoms with E-state index in [1.54, 1.807) is 30.3 Å². The predicted molar refractivity (Wildman–Crippen MR) is 92.3 cm³/mol. The normalized spacial score (nSPS) is 18.3. The SMILES string of the molecule is O=C1S/C(=C/c2ccc3c(c2)OCCO3)C(=O)N1c1ccccc1. The highest BCUT2D eigenvalue weighted by molar-refractivity contribution is 8.19. The summed E-state index contributed by atoms with van der Waals surface area (Å²) in [6, 6.07) is 14.4. The van der Waals surface area contributed by atoms with E-state index in [2.05, 4.69) is 0 Å². The van der Waals surface area contributed by atoms with E-state index in [1.807, 2.05) is 24.3 Å². The van der Waals surface area contributed by atoms with Crippen LogP contribution in [0.5, 0.6) is 11.5 Å². The quantitative estimate of drug-likeness (QED) is 0.781. The zero-order chi connectivity index (χ0) is 16.5. The van der Waals surface area contributed by atoms with Crippen molar-refractivity contribution in [2.45, 2.75) is 0 Å². The number of ether oxygens (including phenoxy) is 2. The molecule has 2 aromatic rings. The van der Waals surface area contributed by atoms with Crippen LogP contribution in [0.3, 0.4) is 0 Å². The van der Waals surface area contributed by atoms with Gasteiger partial charge in [0.15, 0.2) is 11.5 Å². The molecule has 0 saturated carbocycles. The number of amides is 2. The summed E-state index contributed by atoms with van der Waals surface area (Å²) >= 11 is 0.935. The first-order valence-electron chi connectivity index (χ1n) is 7.45. The third-order valence-corrected chi connectivity index (χ3v) is 4.54. The number of carbonyl (C=O) groups excluding carboxylic acids is 2. The lowest BCUT2D eigenvalue weighted by atomic mass is 10.1. The van der Waals surface area contributed by atoms with Gasteiger partial charge in [-0.3, -0.25) is 9.59 Å². The highest BCUT2D eigenvalue weighted by atomic mass is 32.2. The average molecular weight is 339 g/mol. The van der Waals surface area contributed by atoms with Crippen molar-refractivity contribution < 1.29 is 19.1 Å². The molecular weight excluding hydrogens is 326 g/mol. The summed E-state index contributed by atoms with van der Waals surface area (Å²) in [6.07, 6.45) is 1.70. The summed E-state index contributed by atoms with van der Waals surface area (Å²) in [5.41, 5.74) is 1.36. The third kappa shape index (κ3) is 2.65. The Morgan fingerprint density at radius 3 is 2.50 bits per heavy atom. The number of rotatable bonds is 2. The molecule has 4 rings (SSSR count). The number of fused-ring (bicyclic) bond motifs is 1. The second-order valence-corrected chi connectivity index (χ2v) is 6.25. The standard InChI is InChI=1S/C18H13NO4S/c20-17-16(24-18(21)19(17)13-4-2-1-3-5-13)11-12-6-7-14-15(10-12)23-9-8-22-14/h1-7,10-11H,8-9H2/b16-11+. The number of nitrogens with zero attached hydrogens (tertiary/aromatic N) is 1. The van der Waals surface area contributed by atoms with Crippen LogP contribution < -0.4 is 14.4 Å². The maximum atomic E-state index is 12.6. The van der Waals surface area contributed by atoms with Crippen LogP contribution in [0.15, 0.2) is 53.4 Å². The molecule has 0 bridgehead atoms. The smallest absolute Gasteiger partial charge is 0.298 e. The van der Waals surface area contributed by atoms with Crippen LogP contribution in [-0.2, 0) is 4.79 Å². The molecule has 2 heterocycles. The molecule has 6 heteroatoms. The monoisotopic (exact) mass is 339 g/mol. The Balaban J connectivity index is 1.64. The number of para-hydroxylation sites is 1. The lowest BCUT2D eigenvalue weighted by Gasteiger charge is -2.18. The van der Waals surface area contributed by atoms with Crippen molar-refractivity contribution in [3.63, 3.8) is 0 Å². The van der Waals surface area contributed by atoms with Gasteiger partial charge < -0.3 is 9.47 Å². The maximum Gasteiger partial charge on any atom is 0.298 e. The number of anilines is 1. The van der Waals surface area contributed by atoms with Gasteiger partial charge in [0.05, 0.1) is 10.6 Å². The minimum atomic E-state index is -0.314. The first-order chi connectivity index (χ1) is 11.7. The van der Waals surface area contributed by atoms with E-state index in [4.69, 9.17) is 9.47 Å². The molecule has 0 spiro atoms. The molecule has 2 aliphatic heterocycles. The summed E-state index contributed by atoms with van der Waals surface area (Å²) in [5, 5.41) is -0.296. The minimum absolute atomic E-state index is 0.296. The molecule has 0 atom stereocenters. The van der Waals surface area contributed by atoms with Gasteiger partial charge in [0, 0.05) is 0 Å². The Morgan fingerprint density at radius 1 is 0.958 bits per heavy atom. The molecule has 24 heavy (non-hydrogen) atoms. The summed E-state index contributed by atoms with van der Waals surface area (Å²) < 4.78 is 11.0. The summed E-state index contributed by atoms with van der Waals surface area (Å²) in [4.78, 5) is 26.3. The molecule has 1 fully saturated rings. The van der Waals surface area contributed by atoms with E-state index in [1.165, 1.54) is 4.90 Å². The van der Waals surface area contributed by atoms with Crippen LogP contribution in [-0.4, -0.2) is 24.4 Å². The molecule has 0 radical (unpaired) electrons. The Hall–Kier alpha value is -2.73. The molecule has 5 nitrogen and oxygen atoms in total. The molecule has 0 aliphatic carbocycles. The van der Waals surface area contributed by atoms with Crippen molar-refractivity contribution in [2.24, 2.45) is 0 Å². The molecule has 0 N–H and O–H groups in total. The van der Waals surface area contributed by atoms with Gasteiger partial charge in [0.2, 0.25) is 0 Å². The Bertz CT molecular complexity index is 847. The number of benzene rings is 2. The van der Waals surface area contributed by atoms with E-state index in [0.29, 0.717) is 35.3 Å². The summed E-state index contributed by atoms with van der Waals surface area (Å²) in [6.45, 7) is 1.03. The fourth-order valence-corrected chi connectivity index (χ4v) is 3.41. The topological polar surface area (TPSA) is 55.8 Å². The predicted octanol–water partition coefficient (Wildman–Crippen LogP) is 3.70. The van der Waals surface area contributed by atoms with Gasteiger partial charge in [-0.25, -0.2) is 4.90 Å². The van der Waals surface area contributed by atoms with Crippen LogP contribution in [0, 0.1) is 0 Å². The van der Waals surface area contributed by atoms with E-state index >= 15 is 0 Å². The van der Waals surface area contributed by atoms with Crippen molar-refractivity contribution in [1.82, 2.24) is 0 Å². The summed E-state index contributed by atoms with van der Waals surface area (Å²) in [7, 11) is 0. The first kappa shape index (κ1) is 14.8. The number of thioether (sulfide) groups is 1. The number of hydrogen-bond acceptors (Lipinski definition) is 5. The van der Waals surface area contributed by atoms with Crippen molar-refractivity contribution in [2.75, 3.05) is 18.1 Å². The van der Waals surface area contributed by atoms with Gasteiger partial charge in [-0.15, -0.1) is 0 Å². The van der Waals surface area contributed by atoms with E-state index < -0.39 is 0 Å². The van der Waals surface area contributed by atoms with Gasteiger partial charge in [-0.1, -0.05) is 24.3 Å². The number of carbonyl (C=O) groups is 2. The number of hydrogen-bond donors (Lipinski definition) is 0. The lowest BCUT2D eigenvalue weighted by molar-refractivity contribution is -0.113. The van der Waals surface area contributed by atoms with Crippen molar-refractivity contribution in [3.8, 4) is 11.5 Å². The van der Waals surface area contributed by atoms with Crippen LogP contribution in [0.1, 0.15) is 5.56 Å². The molecular formula is C18H13NO4S. The van der Waals surface area contributed by atoms with Crippen LogP contribution >= 0.6 is 11.8 Å². The lowest BCUT2D eigenvalue weighted by Crippen LogP contribution is -2.27. The van der Waals surface area contributed by atoms with Gasteiger partial charge in [-0.05, 0) is 47.7 Å². The van der Waals surface area contributed by atoms with Gasteiger partial charge >= 0.3 is 0 Å². The van der Waals surface area contributed by atoms with Crippen LogP contribution in [0.25, 0.3) is 6.08 Å². The van der Waals surface area contributed by atoms with Gasteiger partial charge in [0.25, 0.3) is 11.1 Å². The molecule has 120 valence electrons. The van der Waals surface area contributed by atoms with Gasteiger partial charge in [0.1, 0.15) is 13.2 Å².